The largest absolute Gasteiger partial charge is 0.513 e. The molecule has 2 atom stereocenters. The van der Waals surface area contributed by atoms with E-state index in [-0.39, 0.29) is 51.9 Å². The van der Waals surface area contributed by atoms with Crippen LogP contribution in [-0.2, 0) is 23.7 Å². The summed E-state index contributed by atoms with van der Waals surface area (Å²) in [6.45, 7) is 6.17. The van der Waals surface area contributed by atoms with Crippen molar-refractivity contribution in [3.05, 3.63) is 83.2 Å². The van der Waals surface area contributed by atoms with Gasteiger partial charge >= 0.3 is 25.7 Å². The van der Waals surface area contributed by atoms with Gasteiger partial charge in [0, 0.05) is 26.0 Å². The van der Waals surface area contributed by atoms with Crippen molar-refractivity contribution in [2.75, 3.05) is 7.11 Å². The highest BCUT2D eigenvalue weighted by Gasteiger charge is 2.36. The standard InChI is InChI=1S/C32H32NO11P/c1-19(2)15-27(32(37)39-5)33-45(38,43-24-9-7-6-8-10-24)44-25-16-28-30(29(17-25)42-21(4)35)31(36)26(18-40-28)22-11-13-23(14-12-22)41-20(3)34/h6-14,16-19,27H,15H2,1-5H3,(H,33,38)/t27-,45?/m0/s1. The molecule has 0 fully saturated rings. The Bertz CT molecular complexity index is 1800. The van der Waals surface area contributed by atoms with E-state index in [2.05, 4.69) is 5.09 Å². The summed E-state index contributed by atoms with van der Waals surface area (Å²) in [5, 5.41) is 2.60. The first-order valence-corrected chi connectivity index (χ1v) is 15.4. The average Bonchev–Trinajstić information content (AvgIpc) is 2.96. The second-order valence-corrected chi connectivity index (χ2v) is 11.9. The van der Waals surface area contributed by atoms with Crippen molar-refractivity contribution in [2.45, 2.75) is 40.2 Å². The van der Waals surface area contributed by atoms with Crippen LogP contribution < -0.4 is 29.0 Å². The molecule has 12 nitrogen and oxygen atoms in total. The van der Waals surface area contributed by atoms with E-state index >= 15 is 0 Å². The molecule has 4 rings (SSSR count). The Labute approximate surface area is 258 Å². The molecule has 0 bridgehead atoms. The molecule has 1 unspecified atom stereocenters. The highest BCUT2D eigenvalue weighted by Crippen LogP contribution is 2.47. The minimum atomic E-state index is -4.41. The van der Waals surface area contributed by atoms with Crippen molar-refractivity contribution in [3.63, 3.8) is 0 Å². The molecule has 1 heterocycles. The van der Waals surface area contributed by atoms with Crippen molar-refractivity contribution in [1.82, 2.24) is 5.09 Å². The van der Waals surface area contributed by atoms with Gasteiger partial charge in [-0.1, -0.05) is 44.2 Å². The van der Waals surface area contributed by atoms with Crippen LogP contribution in [0.15, 0.2) is 82.2 Å². The summed E-state index contributed by atoms with van der Waals surface area (Å²) < 4.78 is 47.0. The zero-order chi connectivity index (χ0) is 32.7. The minimum Gasteiger partial charge on any atom is -0.468 e. The van der Waals surface area contributed by atoms with Crippen LogP contribution in [0.4, 0.5) is 0 Å². The Balaban J connectivity index is 1.79. The van der Waals surface area contributed by atoms with Crippen molar-refractivity contribution >= 4 is 36.6 Å². The maximum Gasteiger partial charge on any atom is 0.513 e. The third kappa shape index (κ3) is 8.59. The molecule has 1 aromatic heterocycles. The molecule has 13 heteroatoms. The quantitative estimate of drug-likeness (QED) is 0.109. The number of benzene rings is 3. The summed E-state index contributed by atoms with van der Waals surface area (Å²) in [6.07, 6.45) is 1.45. The molecule has 236 valence electrons. The molecule has 0 radical (unpaired) electrons. The van der Waals surface area contributed by atoms with Gasteiger partial charge in [-0.05, 0) is 42.2 Å². The Hall–Kier alpha value is -4.93. The number of para-hydroxylation sites is 1. The van der Waals surface area contributed by atoms with E-state index in [9.17, 15) is 23.7 Å². The van der Waals surface area contributed by atoms with Crippen LogP contribution in [0.2, 0.25) is 0 Å². The lowest BCUT2D eigenvalue weighted by atomic mass is 10.0. The van der Waals surface area contributed by atoms with E-state index in [1.54, 1.807) is 42.5 Å². The summed E-state index contributed by atoms with van der Waals surface area (Å²) >= 11 is 0. The SMILES string of the molecule is COC(=O)[C@H](CC(C)C)NP(=O)(Oc1ccccc1)Oc1cc(OC(C)=O)c2c(=O)c(-c3ccc(OC(C)=O)cc3)coc2c1. The molecule has 3 aromatic carbocycles. The number of fused-ring (bicyclic) bond motifs is 1. The van der Waals surface area contributed by atoms with Gasteiger partial charge in [-0.2, -0.15) is 5.09 Å². The summed E-state index contributed by atoms with van der Waals surface area (Å²) in [7, 11) is -3.20. The number of carbonyl (C=O) groups is 3. The molecule has 0 saturated heterocycles. The van der Waals surface area contributed by atoms with E-state index in [0.29, 0.717) is 5.56 Å². The molecular weight excluding hydrogens is 605 g/mol. The first-order valence-electron chi connectivity index (χ1n) is 13.8. The molecule has 4 aromatic rings. The summed E-state index contributed by atoms with van der Waals surface area (Å²) in [5.74, 6) is -1.82. The molecule has 0 aliphatic rings. The van der Waals surface area contributed by atoms with Gasteiger partial charge in [0.2, 0.25) is 5.43 Å². The van der Waals surface area contributed by atoms with Crippen LogP contribution in [0.5, 0.6) is 23.0 Å². The minimum absolute atomic E-state index is 0.00403. The maximum absolute atomic E-state index is 14.2. The van der Waals surface area contributed by atoms with E-state index in [1.165, 1.54) is 44.6 Å². The van der Waals surface area contributed by atoms with Crippen molar-refractivity contribution in [3.8, 4) is 34.1 Å². The van der Waals surface area contributed by atoms with Gasteiger partial charge in [-0.15, -0.1) is 0 Å². The highest BCUT2D eigenvalue weighted by molar-refractivity contribution is 7.52. The zero-order valence-corrected chi connectivity index (χ0v) is 26.1. The Kier molecular flexibility index (Phi) is 10.4. The first-order chi connectivity index (χ1) is 21.4. The number of carbonyl (C=O) groups excluding carboxylic acids is 3. The normalized spacial score (nSPS) is 13.0. The van der Waals surface area contributed by atoms with Crippen LogP contribution in [0.25, 0.3) is 22.1 Å². The second kappa shape index (κ2) is 14.2. The van der Waals surface area contributed by atoms with Crippen LogP contribution in [0, 0.1) is 5.92 Å². The van der Waals surface area contributed by atoms with Gasteiger partial charge in [0.1, 0.15) is 46.3 Å². The van der Waals surface area contributed by atoms with E-state index in [1.807, 2.05) is 13.8 Å². The van der Waals surface area contributed by atoms with Crippen molar-refractivity contribution in [2.24, 2.45) is 5.92 Å². The summed E-state index contributed by atoms with van der Waals surface area (Å²) in [4.78, 5) is 49.6. The predicted molar refractivity (Wildman–Crippen MR) is 164 cm³/mol. The molecule has 0 amide bonds. The maximum atomic E-state index is 14.2. The number of rotatable bonds is 12. The van der Waals surface area contributed by atoms with Gasteiger partial charge in [-0.3, -0.25) is 19.2 Å². The molecule has 0 aliphatic heterocycles. The first kappa shape index (κ1) is 33.0. The molecular formula is C32H32NO11P. The fourth-order valence-electron chi connectivity index (χ4n) is 4.39. The number of esters is 3. The van der Waals surface area contributed by atoms with E-state index in [4.69, 9.17) is 27.7 Å². The van der Waals surface area contributed by atoms with Gasteiger partial charge in [0.25, 0.3) is 0 Å². The van der Waals surface area contributed by atoms with Crippen LogP contribution in [-0.4, -0.2) is 31.1 Å². The fraction of sp³-hybridized carbons (Fsp3) is 0.250. The van der Waals surface area contributed by atoms with Gasteiger partial charge in [0.05, 0.1) is 12.7 Å². The van der Waals surface area contributed by atoms with E-state index in [0.717, 1.165) is 6.92 Å². The molecule has 0 spiro atoms. The molecule has 0 saturated carbocycles. The predicted octanol–water partition coefficient (Wildman–Crippen LogP) is 6.05. The zero-order valence-electron chi connectivity index (χ0n) is 25.2. The van der Waals surface area contributed by atoms with Crippen molar-refractivity contribution < 1.29 is 46.6 Å². The smallest absolute Gasteiger partial charge is 0.468 e. The lowest BCUT2D eigenvalue weighted by molar-refractivity contribution is -0.143. The van der Waals surface area contributed by atoms with Crippen LogP contribution in [0.1, 0.15) is 34.1 Å². The second-order valence-electron chi connectivity index (χ2n) is 10.3. The number of ether oxygens (including phenoxy) is 3. The van der Waals surface area contributed by atoms with E-state index < -0.39 is 37.1 Å². The lowest BCUT2D eigenvalue weighted by Crippen LogP contribution is -2.38. The number of methoxy groups -OCH3 is 1. The third-order valence-corrected chi connectivity index (χ3v) is 7.73. The van der Waals surface area contributed by atoms with Crippen molar-refractivity contribution in [1.29, 1.82) is 0 Å². The highest BCUT2D eigenvalue weighted by atomic mass is 31.2. The molecule has 0 aliphatic carbocycles. The molecule has 1 N–H and O–H groups in total. The average molecular weight is 638 g/mol. The topological polar surface area (TPSA) is 157 Å². The summed E-state index contributed by atoms with van der Waals surface area (Å²) in [5.41, 5.74) is -0.0104. The van der Waals surface area contributed by atoms with Gasteiger partial charge in [-0.25, -0.2) is 4.57 Å². The third-order valence-electron chi connectivity index (χ3n) is 6.20. The van der Waals surface area contributed by atoms with Crippen LogP contribution >= 0.6 is 7.75 Å². The Morgan fingerprint density at radius 3 is 2.11 bits per heavy atom. The Morgan fingerprint density at radius 1 is 0.867 bits per heavy atom. The number of nitrogens with one attached hydrogen (secondary N) is 1. The Morgan fingerprint density at radius 2 is 1.51 bits per heavy atom. The number of hydrogen-bond acceptors (Lipinski definition) is 11. The van der Waals surface area contributed by atoms with Crippen LogP contribution in [0.3, 0.4) is 0 Å². The summed E-state index contributed by atoms with van der Waals surface area (Å²) in [6, 6.07) is 15.8. The molecule has 45 heavy (non-hydrogen) atoms. The fourth-order valence-corrected chi connectivity index (χ4v) is 5.90. The number of hydrogen-bond donors (Lipinski definition) is 1. The van der Waals surface area contributed by atoms with Gasteiger partial charge < -0.3 is 27.7 Å². The lowest BCUT2D eigenvalue weighted by Gasteiger charge is -2.25. The van der Waals surface area contributed by atoms with Gasteiger partial charge in [0.15, 0.2) is 0 Å². The monoisotopic (exact) mass is 637 g/mol.